The van der Waals surface area contributed by atoms with Crippen molar-refractivity contribution in [3.63, 3.8) is 0 Å². The summed E-state index contributed by atoms with van der Waals surface area (Å²) in [7, 11) is 1.68. The molecular weight excluding hydrogens is 499 g/mol. The minimum atomic E-state index is -0.345. The predicted octanol–water partition coefficient (Wildman–Crippen LogP) is 5.21. The van der Waals surface area contributed by atoms with Crippen molar-refractivity contribution in [1.82, 2.24) is 14.4 Å². The Morgan fingerprint density at radius 1 is 1.03 bits per heavy atom. The molecule has 4 rings (SSSR count). The Morgan fingerprint density at radius 2 is 1.78 bits per heavy atom. The molecule has 1 saturated heterocycles. The second kappa shape index (κ2) is 12.0. The number of ether oxygens (including phenoxy) is 1. The average molecular weight is 531 g/mol. The van der Waals surface area contributed by atoms with Gasteiger partial charge in [-0.05, 0) is 62.0 Å². The van der Waals surface area contributed by atoms with Crippen LogP contribution in [0.15, 0.2) is 53.3 Å². The maximum Gasteiger partial charge on any atom is 0.331 e. The molecule has 0 unspecified atom stereocenters. The molecule has 7 nitrogen and oxygen atoms in total. The van der Waals surface area contributed by atoms with E-state index < -0.39 is 0 Å². The molecule has 2 aromatic carbocycles. The lowest BCUT2D eigenvalue weighted by atomic mass is 10.2. The van der Waals surface area contributed by atoms with Gasteiger partial charge in [0.2, 0.25) is 0 Å². The molecule has 1 fully saturated rings. The first kappa shape index (κ1) is 26.3. The molecule has 36 heavy (non-hydrogen) atoms. The molecule has 0 saturated carbocycles. The van der Waals surface area contributed by atoms with Crippen molar-refractivity contribution in [3.8, 4) is 5.75 Å². The smallest absolute Gasteiger partial charge is 0.331 e. The van der Waals surface area contributed by atoms with Gasteiger partial charge in [-0.25, -0.2) is 9.36 Å². The topological polar surface area (TPSA) is 58.0 Å². The number of nitrogens with zero attached hydrogens (tertiary/aromatic N) is 4. The molecule has 0 N–H and O–H groups in total. The fourth-order valence-electron chi connectivity index (χ4n) is 4.38. The Hall–Kier alpha value is -2.74. The number of amides is 1. The number of piperazine rings is 1. The first-order chi connectivity index (χ1) is 17.4. The van der Waals surface area contributed by atoms with Crippen LogP contribution in [-0.4, -0.2) is 73.3 Å². The highest BCUT2D eigenvalue weighted by Gasteiger charge is 2.19. The molecule has 1 aliphatic heterocycles. The Labute approximate surface area is 221 Å². The van der Waals surface area contributed by atoms with E-state index in [4.69, 9.17) is 27.9 Å². The van der Waals surface area contributed by atoms with Crippen LogP contribution in [0, 0.1) is 0 Å². The molecule has 1 aromatic heterocycles. The van der Waals surface area contributed by atoms with Gasteiger partial charge in [0.05, 0.1) is 27.9 Å². The maximum absolute atomic E-state index is 12.7. The molecule has 0 spiro atoms. The minimum Gasteiger partial charge on any atom is -0.494 e. The predicted molar refractivity (Wildman–Crippen MR) is 147 cm³/mol. The molecule has 1 amide bonds. The number of pyridine rings is 1. The normalized spacial score (nSPS) is 14.3. The number of unbranched alkanes of at least 4 members (excludes halogenated alkanes) is 1. The standard InChI is InChI=1S/C27H32Cl2N4O3/c1-3-30(2)27(35)33-24-19-21(11-9-20(24)10-12-25(33)34)36-18-5-4-13-31-14-16-32(17-15-31)23-8-6-7-22(28)26(23)29/h6-12,19H,3-5,13-18H2,1-2H3. The lowest BCUT2D eigenvalue weighted by molar-refractivity contribution is 0.213. The third-order valence-corrected chi connectivity index (χ3v) is 7.45. The van der Waals surface area contributed by atoms with Crippen molar-refractivity contribution in [2.24, 2.45) is 0 Å². The number of rotatable bonds is 8. The summed E-state index contributed by atoms with van der Waals surface area (Å²) >= 11 is 12.5. The molecule has 9 heteroatoms. The van der Waals surface area contributed by atoms with Crippen LogP contribution in [0.1, 0.15) is 19.8 Å². The van der Waals surface area contributed by atoms with E-state index in [1.165, 1.54) is 15.5 Å². The van der Waals surface area contributed by atoms with E-state index in [0.717, 1.165) is 56.6 Å². The van der Waals surface area contributed by atoms with Gasteiger partial charge in [0, 0.05) is 51.9 Å². The molecule has 0 atom stereocenters. The van der Waals surface area contributed by atoms with Crippen LogP contribution < -0.4 is 15.2 Å². The Bertz CT molecular complexity index is 1270. The second-order valence-corrected chi connectivity index (χ2v) is 9.77. The van der Waals surface area contributed by atoms with Crippen LogP contribution in [0.5, 0.6) is 5.75 Å². The zero-order valence-corrected chi connectivity index (χ0v) is 22.3. The van der Waals surface area contributed by atoms with Gasteiger partial charge in [0.15, 0.2) is 0 Å². The van der Waals surface area contributed by atoms with Crippen LogP contribution >= 0.6 is 23.2 Å². The maximum atomic E-state index is 12.7. The highest BCUT2D eigenvalue weighted by Crippen LogP contribution is 2.32. The molecule has 0 aliphatic carbocycles. The van der Waals surface area contributed by atoms with Gasteiger partial charge in [-0.3, -0.25) is 9.69 Å². The zero-order chi connectivity index (χ0) is 25.7. The number of halogens is 2. The number of aromatic nitrogens is 1. The third-order valence-electron chi connectivity index (χ3n) is 6.64. The lowest BCUT2D eigenvalue weighted by Gasteiger charge is -2.36. The van der Waals surface area contributed by atoms with E-state index in [1.807, 2.05) is 37.3 Å². The van der Waals surface area contributed by atoms with Gasteiger partial charge in [-0.15, -0.1) is 0 Å². The number of benzene rings is 2. The van der Waals surface area contributed by atoms with Crippen molar-refractivity contribution >= 4 is 45.8 Å². The van der Waals surface area contributed by atoms with Crippen molar-refractivity contribution in [1.29, 1.82) is 0 Å². The number of hydrogen-bond acceptors (Lipinski definition) is 5. The van der Waals surface area contributed by atoms with Crippen LogP contribution in [-0.2, 0) is 0 Å². The highest BCUT2D eigenvalue weighted by atomic mass is 35.5. The summed E-state index contributed by atoms with van der Waals surface area (Å²) in [4.78, 5) is 31.4. The van der Waals surface area contributed by atoms with Gasteiger partial charge in [0.25, 0.3) is 5.56 Å². The first-order valence-corrected chi connectivity index (χ1v) is 13.1. The Morgan fingerprint density at radius 3 is 2.53 bits per heavy atom. The van der Waals surface area contributed by atoms with E-state index in [1.54, 1.807) is 19.2 Å². The van der Waals surface area contributed by atoms with E-state index in [2.05, 4.69) is 9.80 Å². The molecule has 3 aromatic rings. The first-order valence-electron chi connectivity index (χ1n) is 12.3. The summed E-state index contributed by atoms with van der Waals surface area (Å²) in [5, 5.41) is 2.03. The molecule has 0 bridgehead atoms. The SMILES string of the molecule is CCN(C)C(=O)n1c(=O)ccc2ccc(OCCCCN3CCN(c4cccc(Cl)c4Cl)CC3)cc21. The Kier molecular flexibility index (Phi) is 8.77. The summed E-state index contributed by atoms with van der Waals surface area (Å²) < 4.78 is 7.18. The lowest BCUT2D eigenvalue weighted by Crippen LogP contribution is -2.46. The summed E-state index contributed by atoms with van der Waals surface area (Å²) in [6.45, 7) is 7.76. The number of fused-ring (bicyclic) bond motifs is 1. The third kappa shape index (κ3) is 5.97. The van der Waals surface area contributed by atoms with E-state index >= 15 is 0 Å². The van der Waals surface area contributed by atoms with Gasteiger partial charge in [0.1, 0.15) is 5.75 Å². The molecule has 2 heterocycles. The summed E-state index contributed by atoms with van der Waals surface area (Å²) in [5.41, 5.74) is 1.21. The fraction of sp³-hybridized carbons (Fsp3) is 0.407. The average Bonchev–Trinajstić information content (AvgIpc) is 2.89. The second-order valence-electron chi connectivity index (χ2n) is 8.98. The van der Waals surface area contributed by atoms with Crippen LogP contribution in [0.4, 0.5) is 10.5 Å². The number of carbonyl (C=O) groups is 1. The monoisotopic (exact) mass is 530 g/mol. The van der Waals surface area contributed by atoms with E-state index in [9.17, 15) is 9.59 Å². The zero-order valence-electron chi connectivity index (χ0n) is 20.8. The van der Waals surface area contributed by atoms with Crippen molar-refractivity contribution in [3.05, 3.63) is 68.9 Å². The fourth-order valence-corrected chi connectivity index (χ4v) is 4.80. The van der Waals surface area contributed by atoms with Gasteiger partial charge in [-0.1, -0.05) is 29.3 Å². The van der Waals surface area contributed by atoms with Gasteiger partial charge < -0.3 is 14.5 Å². The van der Waals surface area contributed by atoms with Gasteiger partial charge >= 0.3 is 6.03 Å². The summed E-state index contributed by atoms with van der Waals surface area (Å²) in [5.74, 6) is 0.654. The Balaban J connectivity index is 1.26. The summed E-state index contributed by atoms with van der Waals surface area (Å²) in [6.07, 6.45) is 1.94. The van der Waals surface area contributed by atoms with Crippen LogP contribution in [0.2, 0.25) is 10.0 Å². The number of carbonyl (C=O) groups excluding carboxylic acids is 1. The minimum absolute atomic E-state index is 0.344. The van der Waals surface area contributed by atoms with Gasteiger partial charge in [-0.2, -0.15) is 0 Å². The molecule has 192 valence electrons. The highest BCUT2D eigenvalue weighted by molar-refractivity contribution is 6.43. The van der Waals surface area contributed by atoms with E-state index in [-0.39, 0.29) is 11.6 Å². The van der Waals surface area contributed by atoms with Crippen molar-refractivity contribution < 1.29 is 9.53 Å². The van der Waals surface area contributed by atoms with Crippen LogP contribution in [0.3, 0.4) is 0 Å². The number of hydrogen-bond donors (Lipinski definition) is 0. The summed E-state index contributed by atoms with van der Waals surface area (Å²) in [6, 6.07) is 14.1. The van der Waals surface area contributed by atoms with Crippen molar-refractivity contribution in [2.45, 2.75) is 19.8 Å². The van der Waals surface area contributed by atoms with Crippen molar-refractivity contribution in [2.75, 3.05) is 57.8 Å². The van der Waals surface area contributed by atoms with Crippen LogP contribution in [0.25, 0.3) is 10.9 Å². The molecule has 0 radical (unpaired) electrons. The molecule has 1 aliphatic rings. The molecular formula is C27H32Cl2N4O3. The van der Waals surface area contributed by atoms with E-state index in [0.29, 0.717) is 34.5 Å². The largest absolute Gasteiger partial charge is 0.494 e. The quantitative estimate of drug-likeness (QED) is 0.374. The number of anilines is 1.